The summed E-state index contributed by atoms with van der Waals surface area (Å²) in [4.78, 5) is 17.9. The number of rotatable bonds is 12. The van der Waals surface area contributed by atoms with Crippen LogP contribution < -0.4 is 22.5 Å². The Labute approximate surface area is 153 Å². The van der Waals surface area contributed by atoms with Crippen molar-refractivity contribution in [2.24, 2.45) is 11.7 Å². The molecule has 0 rings (SSSR count). The fourth-order valence-corrected chi connectivity index (χ4v) is 7.41. The Balaban J connectivity index is -0.000000413. The van der Waals surface area contributed by atoms with Gasteiger partial charge in [0.25, 0.3) is 0 Å². The van der Waals surface area contributed by atoms with Crippen LogP contribution in [0.4, 0.5) is 0 Å². The Morgan fingerprint density at radius 2 is 1.13 bits per heavy atom. The van der Waals surface area contributed by atoms with Crippen LogP contribution in [-0.4, -0.2) is 34.0 Å². The summed E-state index contributed by atoms with van der Waals surface area (Å²) < 4.78 is 2.35. The Hall–Kier alpha value is -0.341. The maximum absolute atomic E-state index is 8.94. The molecule has 23 heavy (non-hydrogen) atoms. The molecule has 2 unspecified atom stereocenters. The van der Waals surface area contributed by atoms with Gasteiger partial charge in [-0.15, -0.1) is 0 Å². The molecule has 2 radical (unpaired) electrons. The molecule has 0 aliphatic rings. The maximum Gasteiger partial charge on any atom is 0.221 e. The molecule has 6 nitrogen and oxygen atoms in total. The standard InChI is InChI=1S/2C7H15.2CH4N2O.Sn/c2*1-3-5-7-6-4-2;2*2-3-1-4;/h2*5H,3-4,6-7H2,1-2H3;2*1H,2H2,(H,3,4);. The first-order chi connectivity index (χ1) is 11.1. The smallest absolute Gasteiger partial charge is 0.221 e. The first-order valence-corrected chi connectivity index (χ1v) is 12.0. The van der Waals surface area contributed by atoms with Crippen LogP contribution in [0.3, 0.4) is 0 Å². The van der Waals surface area contributed by atoms with E-state index in [1.54, 1.807) is 23.7 Å². The summed E-state index contributed by atoms with van der Waals surface area (Å²) in [6.07, 6.45) is 12.6. The number of carbonyl (C=O) groups is 2. The van der Waals surface area contributed by atoms with Gasteiger partial charge in [-0.3, -0.25) is 20.4 Å². The first-order valence-electron chi connectivity index (χ1n) is 8.66. The van der Waals surface area contributed by atoms with Crippen LogP contribution in [0.5, 0.6) is 0 Å². The van der Waals surface area contributed by atoms with Crippen molar-refractivity contribution < 1.29 is 9.59 Å². The van der Waals surface area contributed by atoms with E-state index in [4.69, 9.17) is 9.59 Å². The van der Waals surface area contributed by atoms with Crippen molar-refractivity contribution in [3.63, 3.8) is 0 Å². The van der Waals surface area contributed by atoms with Crippen molar-refractivity contribution in [1.29, 1.82) is 0 Å². The summed E-state index contributed by atoms with van der Waals surface area (Å²) >= 11 is -0.0913. The number of nitrogens with two attached hydrogens (primary N) is 2. The van der Waals surface area contributed by atoms with Crippen molar-refractivity contribution in [2.45, 2.75) is 86.9 Å². The van der Waals surface area contributed by atoms with Crippen LogP contribution in [0, 0.1) is 0 Å². The Morgan fingerprint density at radius 1 is 0.826 bits per heavy atom. The zero-order valence-electron chi connectivity index (χ0n) is 15.4. The molecule has 7 heteroatoms. The van der Waals surface area contributed by atoms with Crippen molar-refractivity contribution >= 4 is 34.0 Å². The minimum atomic E-state index is -0.0913. The second-order valence-electron chi connectivity index (χ2n) is 5.23. The van der Waals surface area contributed by atoms with Crippen LogP contribution in [0.2, 0.25) is 7.87 Å². The number of amides is 2. The molecule has 0 saturated carbocycles. The molecule has 0 spiro atoms. The Bertz CT molecular complexity index is 212. The van der Waals surface area contributed by atoms with Crippen molar-refractivity contribution in [3.05, 3.63) is 0 Å². The van der Waals surface area contributed by atoms with Crippen molar-refractivity contribution in [2.75, 3.05) is 0 Å². The van der Waals surface area contributed by atoms with E-state index in [0.717, 1.165) is 0 Å². The van der Waals surface area contributed by atoms with E-state index in [-0.39, 0.29) is 21.1 Å². The molecule has 0 aromatic rings. The van der Waals surface area contributed by atoms with Gasteiger partial charge in [-0.05, 0) is 0 Å². The van der Waals surface area contributed by atoms with E-state index >= 15 is 0 Å². The van der Waals surface area contributed by atoms with Gasteiger partial charge in [0.1, 0.15) is 0 Å². The van der Waals surface area contributed by atoms with Gasteiger partial charge in [0.15, 0.2) is 0 Å². The summed E-state index contributed by atoms with van der Waals surface area (Å²) in [6, 6.07) is 0. The van der Waals surface area contributed by atoms with Crippen LogP contribution >= 0.6 is 0 Å². The zero-order valence-corrected chi connectivity index (χ0v) is 18.3. The number of hydrogen-bond acceptors (Lipinski definition) is 4. The number of hydrogen-bond donors (Lipinski definition) is 4. The van der Waals surface area contributed by atoms with Gasteiger partial charge >= 0.3 is 108 Å². The summed E-state index contributed by atoms with van der Waals surface area (Å²) in [5, 5.41) is 0. The third kappa shape index (κ3) is 26.8. The van der Waals surface area contributed by atoms with Gasteiger partial charge in [-0.2, -0.15) is 0 Å². The van der Waals surface area contributed by atoms with Crippen molar-refractivity contribution in [1.82, 2.24) is 10.9 Å². The van der Waals surface area contributed by atoms with E-state index in [0.29, 0.717) is 12.8 Å². The Kier molecular flexibility index (Phi) is 31.7. The predicted octanol–water partition coefficient (Wildman–Crippen LogP) is 2.68. The summed E-state index contributed by atoms with van der Waals surface area (Å²) in [6.45, 7) is 9.47. The monoisotopic (exact) mass is 438 g/mol. The van der Waals surface area contributed by atoms with Gasteiger partial charge in [-0.25, -0.2) is 11.7 Å². The topological polar surface area (TPSA) is 110 Å². The molecule has 0 aliphatic carbocycles. The number of hydrazine groups is 2. The fraction of sp³-hybridized carbons (Fsp3) is 0.875. The van der Waals surface area contributed by atoms with Crippen LogP contribution in [0.15, 0.2) is 0 Å². The minimum absolute atomic E-state index is 0.0913. The second-order valence-corrected chi connectivity index (χ2v) is 10.8. The molecule has 0 saturated heterocycles. The molecule has 0 heterocycles. The quantitative estimate of drug-likeness (QED) is 0.124. The summed E-state index contributed by atoms with van der Waals surface area (Å²) in [5.74, 6) is 8.82. The predicted molar refractivity (Wildman–Crippen MR) is 99.7 cm³/mol. The van der Waals surface area contributed by atoms with Crippen LogP contribution in [0.25, 0.3) is 0 Å². The van der Waals surface area contributed by atoms with E-state index in [2.05, 4.69) is 39.4 Å². The second kappa shape index (κ2) is 26.6. The molecule has 138 valence electrons. The summed E-state index contributed by atoms with van der Waals surface area (Å²) in [7, 11) is 0. The van der Waals surface area contributed by atoms with Gasteiger partial charge in [-0.1, -0.05) is 0 Å². The normalized spacial score (nSPS) is 11.7. The van der Waals surface area contributed by atoms with Gasteiger partial charge < -0.3 is 0 Å². The molecule has 0 bridgehead atoms. The number of nitrogens with one attached hydrogen (secondary N) is 2. The zero-order chi connectivity index (χ0) is 18.3. The van der Waals surface area contributed by atoms with E-state index in [1.807, 2.05) is 0 Å². The third-order valence-electron chi connectivity index (χ3n) is 3.41. The van der Waals surface area contributed by atoms with Crippen LogP contribution in [-0.2, 0) is 9.59 Å². The minimum Gasteiger partial charge on any atom is -0.297 e. The Morgan fingerprint density at radius 3 is 1.30 bits per heavy atom. The van der Waals surface area contributed by atoms with E-state index in [1.165, 1.54) is 46.4 Å². The third-order valence-corrected chi connectivity index (χ3v) is 10.1. The van der Waals surface area contributed by atoms with Gasteiger partial charge in [0.05, 0.1) is 0 Å². The average Bonchev–Trinajstić information content (AvgIpc) is 2.61. The van der Waals surface area contributed by atoms with Gasteiger partial charge in [0.2, 0.25) is 12.8 Å². The average molecular weight is 437 g/mol. The summed E-state index contributed by atoms with van der Waals surface area (Å²) in [5.41, 5.74) is 3.50. The van der Waals surface area contributed by atoms with Gasteiger partial charge in [0, 0.05) is 0 Å². The molecule has 2 amide bonds. The SMILES string of the molecule is CCCC[CH](CC)[Sn][CH](CC)CCCC.NNC=O.NNC=O. The number of unbranched alkanes of at least 4 members (excludes halogenated alkanes) is 2. The molecule has 6 N–H and O–H groups in total. The van der Waals surface area contributed by atoms with E-state index in [9.17, 15) is 0 Å². The number of carbonyl (C=O) groups excluding carboxylic acids is 2. The first kappa shape index (κ1) is 27.5. The molecular weight excluding hydrogens is 399 g/mol. The van der Waals surface area contributed by atoms with E-state index < -0.39 is 0 Å². The van der Waals surface area contributed by atoms with Crippen molar-refractivity contribution in [3.8, 4) is 0 Å². The molecule has 0 aromatic carbocycles. The molecule has 0 fully saturated rings. The molecule has 0 aromatic heterocycles. The molecule has 0 aliphatic heterocycles. The fourth-order valence-electron chi connectivity index (χ4n) is 2.04. The van der Waals surface area contributed by atoms with Crippen LogP contribution in [0.1, 0.15) is 79.1 Å². The maximum atomic E-state index is 8.94. The largest absolute Gasteiger partial charge is 0.297 e. The molecule has 2 atom stereocenters. The molecular formula is C16H38N4O2Sn.